The zero-order chi connectivity index (χ0) is 21.5. The van der Waals surface area contributed by atoms with E-state index in [1.807, 2.05) is 43.6 Å². The predicted molar refractivity (Wildman–Crippen MR) is 120 cm³/mol. The van der Waals surface area contributed by atoms with Crippen molar-refractivity contribution in [1.29, 1.82) is 5.26 Å². The van der Waals surface area contributed by atoms with E-state index in [1.165, 1.54) is 4.57 Å². The van der Waals surface area contributed by atoms with E-state index in [1.54, 1.807) is 16.8 Å². The number of anilines is 1. The third kappa shape index (κ3) is 3.56. The van der Waals surface area contributed by atoms with Crippen molar-refractivity contribution in [2.75, 3.05) is 5.32 Å². The number of aromatic nitrogens is 4. The first kappa shape index (κ1) is 19.3. The van der Waals surface area contributed by atoms with Crippen molar-refractivity contribution in [3.63, 3.8) is 0 Å². The van der Waals surface area contributed by atoms with E-state index in [0.29, 0.717) is 45.5 Å². The maximum Gasteiger partial charge on any atom is 0.354 e. The fourth-order valence-corrected chi connectivity index (χ4v) is 4.07. The van der Waals surface area contributed by atoms with Crippen LogP contribution in [-0.2, 0) is 13.6 Å². The Kier molecular flexibility index (Phi) is 4.72. The van der Waals surface area contributed by atoms with Crippen LogP contribution in [0.5, 0.6) is 0 Å². The van der Waals surface area contributed by atoms with Gasteiger partial charge in [-0.1, -0.05) is 23.7 Å². The van der Waals surface area contributed by atoms with Gasteiger partial charge in [-0.2, -0.15) is 15.3 Å². The SMILES string of the molecule is Cn1ccc(CNc2nc(=O)n(-c3ccccc3Cl)c3cc(C4CC4)c(C#N)cc23)n1. The van der Waals surface area contributed by atoms with Gasteiger partial charge < -0.3 is 5.32 Å². The quantitative estimate of drug-likeness (QED) is 0.514. The molecule has 4 aromatic rings. The number of fused-ring (bicyclic) bond motifs is 1. The van der Waals surface area contributed by atoms with Gasteiger partial charge in [-0.05, 0) is 54.7 Å². The Morgan fingerprint density at radius 1 is 1.26 bits per heavy atom. The van der Waals surface area contributed by atoms with Gasteiger partial charge in [0.25, 0.3) is 0 Å². The fraction of sp³-hybridized carbons (Fsp3) is 0.217. The van der Waals surface area contributed by atoms with Crippen LogP contribution in [0.3, 0.4) is 0 Å². The number of nitrogens with one attached hydrogen (secondary N) is 1. The molecule has 1 saturated carbocycles. The van der Waals surface area contributed by atoms with Crippen molar-refractivity contribution in [3.8, 4) is 11.8 Å². The molecule has 1 aliphatic carbocycles. The average molecular weight is 431 g/mol. The number of hydrogen-bond acceptors (Lipinski definition) is 5. The smallest absolute Gasteiger partial charge is 0.354 e. The van der Waals surface area contributed by atoms with Gasteiger partial charge in [0.05, 0.1) is 40.1 Å². The second-order valence-electron chi connectivity index (χ2n) is 7.71. The molecule has 1 aliphatic rings. The molecule has 0 aliphatic heterocycles. The Morgan fingerprint density at radius 2 is 2.06 bits per heavy atom. The second kappa shape index (κ2) is 7.56. The highest BCUT2D eigenvalue weighted by Gasteiger charge is 2.28. The third-order valence-corrected chi connectivity index (χ3v) is 5.82. The fourth-order valence-electron chi connectivity index (χ4n) is 3.85. The van der Waals surface area contributed by atoms with Crippen molar-refractivity contribution >= 4 is 28.3 Å². The van der Waals surface area contributed by atoms with Crippen molar-refractivity contribution in [3.05, 3.63) is 81.0 Å². The molecule has 0 spiro atoms. The lowest BCUT2D eigenvalue weighted by Gasteiger charge is -2.16. The van der Waals surface area contributed by atoms with Crippen LogP contribution in [-0.4, -0.2) is 19.3 Å². The number of benzene rings is 2. The highest BCUT2D eigenvalue weighted by Crippen LogP contribution is 2.43. The van der Waals surface area contributed by atoms with E-state index in [4.69, 9.17) is 11.6 Å². The van der Waals surface area contributed by atoms with Gasteiger partial charge in [-0.3, -0.25) is 9.25 Å². The van der Waals surface area contributed by atoms with Gasteiger partial charge in [0, 0.05) is 18.6 Å². The summed E-state index contributed by atoms with van der Waals surface area (Å²) < 4.78 is 3.24. The lowest BCUT2D eigenvalue weighted by atomic mass is 10.0. The summed E-state index contributed by atoms with van der Waals surface area (Å²) in [6.45, 7) is 0.407. The van der Waals surface area contributed by atoms with Gasteiger partial charge >= 0.3 is 5.69 Å². The third-order valence-electron chi connectivity index (χ3n) is 5.50. The number of nitrogens with zero attached hydrogens (tertiary/aromatic N) is 5. The van der Waals surface area contributed by atoms with E-state index < -0.39 is 5.69 Å². The summed E-state index contributed by atoms with van der Waals surface area (Å²) in [7, 11) is 1.85. The highest BCUT2D eigenvalue weighted by molar-refractivity contribution is 6.32. The predicted octanol–water partition coefficient (Wildman–Crippen LogP) is 4.13. The first-order valence-corrected chi connectivity index (χ1v) is 10.4. The molecule has 1 fully saturated rings. The standard InChI is InChI=1S/C23H19ClN6O/c1-29-9-8-16(28-29)13-26-22-18-10-15(12-25)17(14-6-7-14)11-21(18)30(23(31)27-22)20-5-3-2-4-19(20)24/h2-5,8-11,14H,6-7,13H2,1H3,(H,26,27,31). The lowest BCUT2D eigenvalue weighted by molar-refractivity contribution is 0.747. The van der Waals surface area contributed by atoms with Crippen molar-refractivity contribution < 1.29 is 0 Å². The minimum absolute atomic E-state index is 0.354. The van der Waals surface area contributed by atoms with E-state index in [-0.39, 0.29) is 0 Å². The van der Waals surface area contributed by atoms with Gasteiger partial charge in [0.1, 0.15) is 5.82 Å². The molecule has 0 bridgehead atoms. The zero-order valence-electron chi connectivity index (χ0n) is 16.8. The van der Waals surface area contributed by atoms with Crippen LogP contribution in [0.25, 0.3) is 16.6 Å². The summed E-state index contributed by atoms with van der Waals surface area (Å²) in [4.78, 5) is 17.4. The molecule has 0 radical (unpaired) electrons. The lowest BCUT2D eigenvalue weighted by Crippen LogP contribution is -2.24. The molecule has 7 nitrogen and oxygen atoms in total. The number of nitriles is 1. The number of hydrogen-bond donors (Lipinski definition) is 1. The molecule has 8 heteroatoms. The molecule has 2 heterocycles. The van der Waals surface area contributed by atoms with Crippen molar-refractivity contribution in [1.82, 2.24) is 19.3 Å². The van der Waals surface area contributed by atoms with Crippen LogP contribution in [0.15, 0.2) is 53.5 Å². The molecule has 0 saturated heterocycles. The average Bonchev–Trinajstić information content (AvgIpc) is 3.53. The molecule has 1 N–H and O–H groups in total. The Balaban J connectivity index is 1.73. The summed E-state index contributed by atoms with van der Waals surface area (Å²) in [6.07, 6.45) is 3.95. The summed E-state index contributed by atoms with van der Waals surface area (Å²) in [5, 5.41) is 18.5. The molecule has 2 aromatic heterocycles. The molecular formula is C23H19ClN6O. The van der Waals surface area contributed by atoms with E-state index in [0.717, 1.165) is 24.1 Å². The largest absolute Gasteiger partial charge is 0.364 e. The number of aryl methyl sites for hydroxylation is 1. The summed E-state index contributed by atoms with van der Waals surface area (Å²) in [5.41, 5.74) is 3.21. The minimum atomic E-state index is -0.435. The topological polar surface area (TPSA) is 88.5 Å². The van der Waals surface area contributed by atoms with Crippen molar-refractivity contribution in [2.24, 2.45) is 7.05 Å². The zero-order valence-corrected chi connectivity index (χ0v) is 17.6. The molecule has 0 amide bonds. The normalized spacial score (nSPS) is 13.3. The Bertz CT molecular complexity index is 1410. The minimum Gasteiger partial charge on any atom is -0.364 e. The maximum atomic E-state index is 13.1. The Morgan fingerprint density at radius 3 is 2.74 bits per heavy atom. The highest BCUT2D eigenvalue weighted by atomic mass is 35.5. The molecule has 154 valence electrons. The van der Waals surface area contributed by atoms with Gasteiger partial charge in [-0.25, -0.2) is 4.79 Å². The summed E-state index contributed by atoms with van der Waals surface area (Å²) in [5.74, 6) is 0.778. The van der Waals surface area contributed by atoms with Crippen LogP contribution in [0, 0.1) is 11.3 Å². The van der Waals surface area contributed by atoms with Crippen LogP contribution in [0.4, 0.5) is 5.82 Å². The maximum absolute atomic E-state index is 13.1. The second-order valence-corrected chi connectivity index (χ2v) is 8.11. The van der Waals surface area contributed by atoms with Crippen molar-refractivity contribution in [2.45, 2.75) is 25.3 Å². The molecule has 0 atom stereocenters. The van der Waals surface area contributed by atoms with Gasteiger partial charge in [-0.15, -0.1) is 0 Å². The Labute approximate surface area is 183 Å². The first-order chi connectivity index (χ1) is 15.0. The van der Waals surface area contributed by atoms with Crippen LogP contribution >= 0.6 is 11.6 Å². The Hall–Kier alpha value is -3.63. The molecule has 2 aromatic carbocycles. The van der Waals surface area contributed by atoms with Crippen LogP contribution < -0.4 is 11.0 Å². The monoisotopic (exact) mass is 430 g/mol. The molecule has 5 rings (SSSR count). The van der Waals surface area contributed by atoms with Gasteiger partial charge in [0.15, 0.2) is 0 Å². The number of halogens is 1. The molecule has 31 heavy (non-hydrogen) atoms. The van der Waals surface area contributed by atoms with E-state index in [9.17, 15) is 10.1 Å². The van der Waals surface area contributed by atoms with E-state index in [2.05, 4.69) is 21.5 Å². The van der Waals surface area contributed by atoms with Crippen LogP contribution in [0.2, 0.25) is 5.02 Å². The molecular weight excluding hydrogens is 412 g/mol. The summed E-state index contributed by atoms with van der Waals surface area (Å²) >= 11 is 6.42. The summed E-state index contributed by atoms with van der Waals surface area (Å²) in [6, 6.07) is 15.2. The number of rotatable bonds is 5. The number of para-hydroxylation sites is 1. The first-order valence-electron chi connectivity index (χ1n) is 10.0. The molecule has 0 unspecified atom stereocenters. The van der Waals surface area contributed by atoms with Crippen LogP contribution in [0.1, 0.15) is 35.6 Å². The van der Waals surface area contributed by atoms with E-state index >= 15 is 0 Å². The van der Waals surface area contributed by atoms with Gasteiger partial charge in [0.2, 0.25) is 0 Å².